The average Bonchev–Trinajstić information content (AvgIpc) is 2.70. The number of ether oxygens (including phenoxy) is 1. The minimum atomic E-state index is -2.08. The van der Waals surface area contributed by atoms with Crippen molar-refractivity contribution < 1.29 is 18.8 Å². The number of carbonyl (C=O) groups excluding carboxylic acids is 2. The van der Waals surface area contributed by atoms with E-state index in [0.717, 1.165) is 0 Å². The Labute approximate surface area is 160 Å². The van der Waals surface area contributed by atoms with Gasteiger partial charge in [-0.3, -0.25) is 4.79 Å². The van der Waals surface area contributed by atoms with E-state index >= 15 is 0 Å². The predicted molar refractivity (Wildman–Crippen MR) is 107 cm³/mol. The van der Waals surface area contributed by atoms with E-state index in [1.54, 1.807) is 13.0 Å². The first-order chi connectivity index (χ1) is 11.6. The van der Waals surface area contributed by atoms with Gasteiger partial charge in [0.2, 0.25) is 5.91 Å². The molecule has 0 aliphatic carbocycles. The van der Waals surface area contributed by atoms with Crippen LogP contribution in [0.4, 0.5) is 4.79 Å². The minimum absolute atomic E-state index is 0.0199. The maximum atomic E-state index is 13.2. The summed E-state index contributed by atoms with van der Waals surface area (Å²) in [6.07, 6.45) is 0.674. The van der Waals surface area contributed by atoms with Gasteiger partial charge in [-0.1, -0.05) is 47.6 Å². The summed E-state index contributed by atoms with van der Waals surface area (Å²) >= 11 is 0. The van der Waals surface area contributed by atoms with Gasteiger partial charge in [-0.15, -0.1) is 6.58 Å². The van der Waals surface area contributed by atoms with Crippen LogP contribution in [0.25, 0.3) is 0 Å². The van der Waals surface area contributed by atoms with Crippen molar-refractivity contribution in [1.82, 2.24) is 4.90 Å². The highest BCUT2D eigenvalue weighted by molar-refractivity contribution is 6.74. The van der Waals surface area contributed by atoms with Gasteiger partial charge in [-0.2, -0.15) is 0 Å². The van der Waals surface area contributed by atoms with E-state index in [2.05, 4.69) is 40.4 Å². The zero-order valence-corrected chi connectivity index (χ0v) is 19.2. The highest BCUT2D eigenvalue weighted by Crippen LogP contribution is 2.39. The van der Waals surface area contributed by atoms with Crippen LogP contribution in [-0.2, 0) is 14.0 Å². The van der Waals surface area contributed by atoms with Crippen molar-refractivity contribution in [2.75, 3.05) is 0 Å². The van der Waals surface area contributed by atoms with Crippen molar-refractivity contribution >= 4 is 20.3 Å². The Morgan fingerprint density at radius 2 is 1.81 bits per heavy atom. The standard InChI is InChI=1S/C20H37NO4Si/c1-12-15(25-26(10,11)19(5,6)7)14(4)17(22)21-16(13(2)3)20(8,9)24-18(21)23/h12-16H,1H2,2-11H3/t14-,15+,16-/m0/s1. The molecule has 150 valence electrons. The third-order valence-electron chi connectivity index (χ3n) is 5.76. The SMILES string of the molecule is C=C[C@@H](O[Si](C)(C)C(C)(C)C)[C@H](C)C(=O)N1C(=O)OC(C)(C)[C@@H]1C(C)C. The van der Waals surface area contributed by atoms with Crippen molar-refractivity contribution in [3.05, 3.63) is 12.7 Å². The molecule has 26 heavy (non-hydrogen) atoms. The number of cyclic esters (lactones) is 1. The number of hydrogen-bond acceptors (Lipinski definition) is 4. The molecular weight excluding hydrogens is 346 g/mol. The third-order valence-corrected chi connectivity index (χ3v) is 10.2. The van der Waals surface area contributed by atoms with Crippen LogP contribution < -0.4 is 0 Å². The van der Waals surface area contributed by atoms with Gasteiger partial charge in [-0.25, -0.2) is 9.69 Å². The molecule has 3 atom stereocenters. The molecule has 2 amide bonds. The smallest absolute Gasteiger partial charge is 0.417 e. The molecule has 0 bridgehead atoms. The zero-order chi connectivity index (χ0) is 20.7. The van der Waals surface area contributed by atoms with Crippen LogP contribution in [0.1, 0.15) is 55.4 Å². The molecule has 0 spiro atoms. The van der Waals surface area contributed by atoms with Gasteiger partial charge in [0.05, 0.1) is 18.1 Å². The van der Waals surface area contributed by atoms with Crippen molar-refractivity contribution in [3.63, 3.8) is 0 Å². The summed E-state index contributed by atoms with van der Waals surface area (Å²) in [6.45, 7) is 24.1. The molecule has 0 aromatic heterocycles. The first-order valence-corrected chi connectivity index (χ1v) is 12.3. The number of nitrogens with zero attached hydrogens (tertiary/aromatic N) is 1. The summed E-state index contributed by atoms with van der Waals surface area (Å²) in [5, 5.41) is 0.0199. The lowest BCUT2D eigenvalue weighted by Crippen LogP contribution is -2.52. The van der Waals surface area contributed by atoms with Crippen LogP contribution in [0.5, 0.6) is 0 Å². The second kappa shape index (κ2) is 7.47. The summed E-state index contributed by atoms with van der Waals surface area (Å²) < 4.78 is 11.9. The van der Waals surface area contributed by atoms with E-state index in [9.17, 15) is 9.59 Å². The zero-order valence-electron chi connectivity index (χ0n) is 18.2. The highest BCUT2D eigenvalue weighted by Gasteiger charge is 2.53. The molecule has 1 rings (SSSR count). The number of hydrogen-bond donors (Lipinski definition) is 0. The lowest BCUT2D eigenvalue weighted by Gasteiger charge is -2.40. The molecule has 0 radical (unpaired) electrons. The number of imide groups is 1. The van der Waals surface area contributed by atoms with E-state index in [1.165, 1.54) is 4.90 Å². The second-order valence-corrected chi connectivity index (χ2v) is 14.5. The van der Waals surface area contributed by atoms with Gasteiger partial charge in [0.15, 0.2) is 8.32 Å². The highest BCUT2D eigenvalue weighted by atomic mass is 28.4. The second-order valence-electron chi connectivity index (χ2n) is 9.74. The summed E-state index contributed by atoms with van der Waals surface area (Å²) in [7, 11) is -2.08. The molecule has 1 heterocycles. The summed E-state index contributed by atoms with van der Waals surface area (Å²) in [6, 6.07) is -0.303. The van der Waals surface area contributed by atoms with Crippen molar-refractivity contribution in [2.24, 2.45) is 11.8 Å². The Hall–Kier alpha value is -1.14. The predicted octanol–water partition coefficient (Wildman–Crippen LogP) is 4.98. The van der Waals surface area contributed by atoms with Crippen LogP contribution in [0.2, 0.25) is 18.1 Å². The third kappa shape index (κ3) is 4.39. The number of rotatable bonds is 6. The molecule has 1 saturated heterocycles. The Balaban J connectivity index is 3.10. The minimum Gasteiger partial charge on any atom is -0.441 e. The first-order valence-electron chi connectivity index (χ1n) is 9.43. The van der Waals surface area contributed by atoms with Crippen LogP contribution in [0.15, 0.2) is 12.7 Å². The maximum Gasteiger partial charge on any atom is 0.417 e. The van der Waals surface area contributed by atoms with Crippen molar-refractivity contribution in [3.8, 4) is 0 Å². The van der Waals surface area contributed by atoms with Gasteiger partial charge in [0.1, 0.15) is 5.60 Å². The molecule has 0 N–H and O–H groups in total. The van der Waals surface area contributed by atoms with Gasteiger partial charge >= 0.3 is 6.09 Å². The summed E-state index contributed by atoms with van der Waals surface area (Å²) in [5.74, 6) is -0.678. The molecular formula is C20H37NO4Si. The Morgan fingerprint density at radius 1 is 1.31 bits per heavy atom. The monoisotopic (exact) mass is 383 g/mol. The van der Waals surface area contributed by atoms with Gasteiger partial charge < -0.3 is 9.16 Å². The Bertz CT molecular complexity index is 563. The fourth-order valence-electron chi connectivity index (χ4n) is 3.32. The van der Waals surface area contributed by atoms with Crippen LogP contribution in [0, 0.1) is 11.8 Å². The van der Waals surface area contributed by atoms with Crippen LogP contribution in [0.3, 0.4) is 0 Å². The molecule has 0 unspecified atom stereocenters. The van der Waals surface area contributed by atoms with Crippen molar-refractivity contribution in [1.29, 1.82) is 0 Å². The fourth-order valence-corrected chi connectivity index (χ4v) is 4.65. The number of amides is 2. The van der Waals surface area contributed by atoms with Gasteiger partial charge in [0.25, 0.3) is 0 Å². The van der Waals surface area contributed by atoms with Crippen LogP contribution in [-0.4, -0.2) is 43.0 Å². The summed E-state index contributed by atoms with van der Waals surface area (Å²) in [4.78, 5) is 26.9. The van der Waals surface area contributed by atoms with E-state index in [0.29, 0.717) is 0 Å². The van der Waals surface area contributed by atoms with E-state index < -0.39 is 32.0 Å². The quantitative estimate of drug-likeness (QED) is 0.479. The molecule has 1 aliphatic heterocycles. The molecule has 1 fully saturated rings. The van der Waals surface area contributed by atoms with Crippen molar-refractivity contribution in [2.45, 2.75) is 91.3 Å². The molecule has 6 heteroatoms. The van der Waals surface area contributed by atoms with E-state index in [4.69, 9.17) is 9.16 Å². The number of carbonyl (C=O) groups is 2. The molecule has 0 aromatic rings. The normalized spacial score (nSPS) is 23.0. The van der Waals surface area contributed by atoms with Gasteiger partial charge in [0, 0.05) is 0 Å². The molecule has 0 aromatic carbocycles. The summed E-state index contributed by atoms with van der Waals surface area (Å²) in [5.41, 5.74) is -0.704. The topological polar surface area (TPSA) is 55.8 Å². The van der Waals surface area contributed by atoms with Crippen LogP contribution >= 0.6 is 0 Å². The fraction of sp³-hybridized carbons (Fsp3) is 0.800. The van der Waals surface area contributed by atoms with E-state index in [-0.39, 0.29) is 22.9 Å². The van der Waals surface area contributed by atoms with E-state index in [1.807, 2.05) is 27.7 Å². The molecule has 0 saturated carbocycles. The first kappa shape index (κ1) is 22.9. The average molecular weight is 384 g/mol. The van der Waals surface area contributed by atoms with Gasteiger partial charge in [-0.05, 0) is 37.9 Å². The molecule has 1 aliphatic rings. The maximum absolute atomic E-state index is 13.2. The largest absolute Gasteiger partial charge is 0.441 e. The lowest BCUT2D eigenvalue weighted by molar-refractivity contribution is -0.136. The lowest BCUT2D eigenvalue weighted by atomic mass is 9.88. The Kier molecular flexibility index (Phi) is 6.58. The molecule has 5 nitrogen and oxygen atoms in total. The Morgan fingerprint density at radius 3 is 2.19 bits per heavy atom.